The monoisotopic (exact) mass is 517 g/mol. The Bertz CT molecular complexity index is 1620. The van der Waals surface area contributed by atoms with E-state index in [-0.39, 0.29) is 5.82 Å². The lowest BCUT2D eigenvalue weighted by Gasteiger charge is -2.37. The molecule has 1 heterocycles. The van der Waals surface area contributed by atoms with E-state index in [1.165, 1.54) is 12.1 Å². The van der Waals surface area contributed by atoms with Crippen molar-refractivity contribution in [3.8, 4) is 11.1 Å². The van der Waals surface area contributed by atoms with Crippen molar-refractivity contribution < 1.29 is 4.39 Å². The lowest BCUT2D eigenvalue weighted by Crippen LogP contribution is -2.38. The molecule has 1 N–H and O–H groups in total. The lowest BCUT2D eigenvalue weighted by molar-refractivity contribution is 0.477. The van der Waals surface area contributed by atoms with E-state index in [1.807, 2.05) is 43.4 Å². The Hall–Kier alpha value is -4.41. The van der Waals surface area contributed by atoms with Crippen LogP contribution in [0, 0.1) is 5.82 Å². The van der Waals surface area contributed by atoms with E-state index in [4.69, 9.17) is 16.7 Å². The molecule has 0 radical (unpaired) electrons. The smallest absolute Gasteiger partial charge is 0.155 e. The van der Waals surface area contributed by atoms with Gasteiger partial charge in [-0.05, 0) is 52.6 Å². The molecule has 0 spiro atoms. The van der Waals surface area contributed by atoms with Gasteiger partial charge in [-0.15, -0.1) is 0 Å². The molecule has 6 aromatic rings. The second-order valence-electron chi connectivity index (χ2n) is 9.17. The third-order valence-electron chi connectivity index (χ3n) is 7.05. The Kier molecular flexibility index (Phi) is 6.18. The quantitative estimate of drug-likeness (QED) is 0.225. The van der Waals surface area contributed by atoms with Crippen LogP contribution in [0.15, 0.2) is 127 Å². The number of hydrogen-bond donors (Lipinski definition) is 1. The van der Waals surface area contributed by atoms with Crippen molar-refractivity contribution in [1.29, 1.82) is 0 Å². The maximum Gasteiger partial charge on any atom is 0.155 e. The van der Waals surface area contributed by atoms with Crippen LogP contribution >= 0.6 is 11.6 Å². The Labute approximate surface area is 226 Å². The number of aromatic nitrogens is 2. The molecule has 186 valence electrons. The standard InChI is InChI=1S/C33H25ClFN3/c1-36-32-29-21-23(28-22-27(35)18-19-30(28)34)17-20-31(29)38(37-32)33(24-11-5-2-6-12-24,25-13-7-3-8-14-25)26-15-9-4-10-16-26/h2-22H,1H3,(H,36,37). The third-order valence-corrected chi connectivity index (χ3v) is 7.38. The highest BCUT2D eigenvalue weighted by Gasteiger charge is 2.40. The Balaban J connectivity index is 1.71. The molecule has 0 aliphatic rings. The maximum absolute atomic E-state index is 14.1. The predicted octanol–water partition coefficient (Wildman–Crippen LogP) is 8.38. The van der Waals surface area contributed by atoms with E-state index >= 15 is 0 Å². The van der Waals surface area contributed by atoms with Crippen molar-refractivity contribution in [2.75, 3.05) is 12.4 Å². The Morgan fingerprint density at radius 3 is 1.79 bits per heavy atom. The van der Waals surface area contributed by atoms with Gasteiger partial charge in [0.05, 0.1) is 5.52 Å². The maximum atomic E-state index is 14.1. The van der Waals surface area contributed by atoms with E-state index < -0.39 is 5.54 Å². The molecule has 0 saturated carbocycles. The summed E-state index contributed by atoms with van der Waals surface area (Å²) >= 11 is 6.47. The van der Waals surface area contributed by atoms with Gasteiger partial charge in [0.2, 0.25) is 0 Å². The molecule has 0 fully saturated rings. The van der Waals surface area contributed by atoms with Gasteiger partial charge >= 0.3 is 0 Å². The first kappa shape index (κ1) is 24.0. The summed E-state index contributed by atoms with van der Waals surface area (Å²) in [5.41, 5.74) is 4.90. The molecular formula is C33H25ClFN3. The number of hydrogen-bond acceptors (Lipinski definition) is 2. The van der Waals surface area contributed by atoms with Gasteiger partial charge in [0.25, 0.3) is 0 Å². The second kappa shape index (κ2) is 9.81. The molecule has 38 heavy (non-hydrogen) atoms. The van der Waals surface area contributed by atoms with Crippen molar-refractivity contribution in [2.45, 2.75) is 5.54 Å². The summed E-state index contributed by atoms with van der Waals surface area (Å²) in [7, 11) is 1.86. The number of benzene rings is 5. The third kappa shape index (κ3) is 3.85. The molecule has 6 rings (SSSR count). The SMILES string of the molecule is CNc1nn(C(c2ccccc2)(c2ccccc2)c2ccccc2)c2ccc(-c3cc(F)ccc3Cl)cc12. The van der Waals surface area contributed by atoms with Crippen LogP contribution in [0.3, 0.4) is 0 Å². The van der Waals surface area contributed by atoms with Gasteiger partial charge in [-0.25, -0.2) is 9.07 Å². The minimum absolute atomic E-state index is 0.328. The Morgan fingerprint density at radius 1 is 0.711 bits per heavy atom. The summed E-state index contributed by atoms with van der Waals surface area (Å²) in [6.45, 7) is 0. The van der Waals surface area contributed by atoms with Gasteiger partial charge in [0.1, 0.15) is 11.4 Å². The van der Waals surface area contributed by atoms with Gasteiger partial charge in [-0.3, -0.25) is 0 Å². The molecule has 0 saturated heterocycles. The molecule has 3 nitrogen and oxygen atoms in total. The van der Waals surface area contributed by atoms with Gasteiger partial charge in [-0.2, -0.15) is 5.10 Å². The first-order valence-corrected chi connectivity index (χ1v) is 12.8. The van der Waals surface area contributed by atoms with E-state index in [9.17, 15) is 4.39 Å². The topological polar surface area (TPSA) is 29.9 Å². The van der Waals surface area contributed by atoms with Crippen LogP contribution in [0.5, 0.6) is 0 Å². The van der Waals surface area contributed by atoms with Crippen molar-refractivity contribution in [3.05, 3.63) is 155 Å². The fourth-order valence-corrected chi connectivity index (χ4v) is 5.58. The number of nitrogens with one attached hydrogen (secondary N) is 1. The van der Waals surface area contributed by atoms with Crippen LogP contribution in [-0.4, -0.2) is 16.8 Å². The largest absolute Gasteiger partial charge is 0.371 e. The van der Waals surface area contributed by atoms with Gasteiger partial charge < -0.3 is 5.32 Å². The summed E-state index contributed by atoms with van der Waals surface area (Å²) in [5, 5.41) is 9.88. The van der Waals surface area contributed by atoms with Crippen molar-refractivity contribution in [3.63, 3.8) is 0 Å². The number of nitrogens with zero attached hydrogens (tertiary/aromatic N) is 2. The molecule has 0 atom stereocenters. The van der Waals surface area contributed by atoms with Crippen molar-refractivity contribution >= 4 is 28.3 Å². The minimum atomic E-state index is -0.755. The van der Waals surface area contributed by atoms with Gasteiger partial charge in [0.15, 0.2) is 5.82 Å². The molecule has 1 aromatic heterocycles. The van der Waals surface area contributed by atoms with Crippen LogP contribution in [0.1, 0.15) is 16.7 Å². The zero-order valence-corrected chi connectivity index (χ0v) is 21.5. The number of anilines is 1. The first-order chi connectivity index (χ1) is 18.6. The molecule has 0 bridgehead atoms. The zero-order valence-electron chi connectivity index (χ0n) is 20.8. The number of fused-ring (bicyclic) bond motifs is 1. The molecular weight excluding hydrogens is 493 g/mol. The van der Waals surface area contributed by atoms with Crippen LogP contribution < -0.4 is 5.32 Å². The number of halogens is 2. The van der Waals surface area contributed by atoms with E-state index in [1.54, 1.807) is 6.07 Å². The molecule has 0 aliphatic heterocycles. The molecule has 0 amide bonds. The molecule has 0 unspecified atom stereocenters. The molecule has 5 aromatic carbocycles. The van der Waals surface area contributed by atoms with E-state index in [0.717, 1.165) is 39.0 Å². The van der Waals surface area contributed by atoms with Crippen molar-refractivity contribution in [1.82, 2.24) is 9.78 Å². The average Bonchev–Trinajstić information content (AvgIpc) is 3.35. The summed E-state index contributed by atoms with van der Waals surface area (Å²) in [4.78, 5) is 0. The van der Waals surface area contributed by atoms with Crippen LogP contribution in [-0.2, 0) is 5.54 Å². The average molecular weight is 518 g/mol. The predicted molar refractivity (Wildman–Crippen MR) is 154 cm³/mol. The van der Waals surface area contributed by atoms with Crippen LogP contribution in [0.4, 0.5) is 10.2 Å². The fraction of sp³-hybridized carbons (Fsp3) is 0.0606. The molecule has 5 heteroatoms. The summed E-state index contributed by atoms with van der Waals surface area (Å²) in [6, 6.07) is 41.8. The van der Waals surface area contributed by atoms with Gasteiger partial charge in [-0.1, -0.05) is 109 Å². The highest BCUT2D eigenvalue weighted by atomic mass is 35.5. The zero-order chi connectivity index (χ0) is 26.1. The lowest BCUT2D eigenvalue weighted by atomic mass is 9.77. The Morgan fingerprint density at radius 2 is 1.26 bits per heavy atom. The summed E-state index contributed by atoms with van der Waals surface area (Å²) in [5.74, 6) is 0.395. The van der Waals surface area contributed by atoms with Gasteiger partial charge in [0, 0.05) is 23.0 Å². The summed E-state index contributed by atoms with van der Waals surface area (Å²) < 4.78 is 16.2. The van der Waals surface area contributed by atoms with Crippen LogP contribution in [0.25, 0.3) is 22.0 Å². The summed E-state index contributed by atoms with van der Waals surface area (Å²) in [6.07, 6.45) is 0. The fourth-order valence-electron chi connectivity index (χ4n) is 5.35. The first-order valence-electron chi connectivity index (χ1n) is 12.5. The van der Waals surface area contributed by atoms with Crippen molar-refractivity contribution in [2.24, 2.45) is 0 Å². The molecule has 0 aliphatic carbocycles. The van der Waals surface area contributed by atoms with Crippen LogP contribution in [0.2, 0.25) is 5.02 Å². The normalized spacial score (nSPS) is 11.6. The second-order valence-corrected chi connectivity index (χ2v) is 9.58. The van der Waals surface area contributed by atoms with E-state index in [2.05, 4.69) is 82.8 Å². The van der Waals surface area contributed by atoms with E-state index in [0.29, 0.717) is 10.6 Å². The minimum Gasteiger partial charge on any atom is -0.371 e. The highest BCUT2D eigenvalue weighted by molar-refractivity contribution is 6.33. The number of rotatable bonds is 6. The highest BCUT2D eigenvalue weighted by Crippen LogP contribution is 2.44.